The molecule has 0 N–H and O–H groups in total. The van der Waals surface area contributed by atoms with E-state index < -0.39 is 0 Å². The molecule has 1 saturated heterocycles. The molecule has 0 bridgehead atoms. The van der Waals surface area contributed by atoms with Crippen LogP contribution in [-0.2, 0) is 6.54 Å². The zero-order chi connectivity index (χ0) is 17.6. The normalized spacial score (nSPS) is 16.2. The van der Waals surface area contributed by atoms with E-state index in [0.717, 1.165) is 50.1 Å². The van der Waals surface area contributed by atoms with Crippen LogP contribution < -0.4 is 0 Å². The lowest BCUT2D eigenvalue weighted by atomic mass is 9.97. The molecule has 1 aliphatic rings. The zero-order valence-electron chi connectivity index (χ0n) is 14.6. The van der Waals surface area contributed by atoms with Gasteiger partial charge in [-0.05, 0) is 49.3 Å². The van der Waals surface area contributed by atoms with Crippen LogP contribution in [0, 0.1) is 11.3 Å². The van der Waals surface area contributed by atoms with Crippen LogP contribution in [0.15, 0.2) is 42.5 Å². The highest BCUT2D eigenvalue weighted by Gasteiger charge is 2.13. The second kappa shape index (κ2) is 8.06. The molecule has 4 nitrogen and oxygen atoms in total. The van der Waals surface area contributed by atoms with Crippen molar-refractivity contribution in [1.82, 2.24) is 9.80 Å². The Kier molecular flexibility index (Phi) is 5.60. The number of aldehydes is 1. The summed E-state index contributed by atoms with van der Waals surface area (Å²) < 4.78 is 0. The van der Waals surface area contributed by atoms with Crippen molar-refractivity contribution in [2.45, 2.75) is 13.0 Å². The fourth-order valence-corrected chi connectivity index (χ4v) is 3.29. The average Bonchev–Trinajstić information content (AvgIpc) is 2.86. The fourth-order valence-electron chi connectivity index (χ4n) is 3.29. The number of nitrogens with zero attached hydrogens (tertiary/aromatic N) is 3. The number of hydrogen-bond donors (Lipinski definition) is 0. The maximum Gasteiger partial charge on any atom is 0.150 e. The lowest BCUT2D eigenvalue weighted by Gasteiger charge is -2.20. The van der Waals surface area contributed by atoms with E-state index in [-0.39, 0.29) is 0 Å². The molecular weight excluding hydrogens is 310 g/mol. The topological polar surface area (TPSA) is 47.3 Å². The zero-order valence-corrected chi connectivity index (χ0v) is 14.6. The van der Waals surface area contributed by atoms with E-state index >= 15 is 0 Å². The van der Waals surface area contributed by atoms with Gasteiger partial charge in [-0.3, -0.25) is 9.69 Å². The van der Waals surface area contributed by atoms with Gasteiger partial charge in [0.2, 0.25) is 0 Å². The van der Waals surface area contributed by atoms with Crippen molar-refractivity contribution in [2.75, 3.05) is 33.2 Å². The van der Waals surface area contributed by atoms with Gasteiger partial charge in [0, 0.05) is 25.2 Å². The largest absolute Gasteiger partial charge is 0.305 e. The molecule has 0 aliphatic carbocycles. The number of likely N-dealkylation sites (N-methyl/N-ethyl adjacent to an activating group) is 1. The summed E-state index contributed by atoms with van der Waals surface area (Å²) in [6.45, 7) is 5.28. The number of carbonyl (C=O) groups excluding carboxylic acids is 1. The molecule has 0 saturated carbocycles. The van der Waals surface area contributed by atoms with Crippen LogP contribution in [0.2, 0.25) is 0 Å². The number of rotatable bonds is 4. The monoisotopic (exact) mass is 333 g/mol. The third kappa shape index (κ3) is 4.33. The molecule has 0 aromatic heterocycles. The molecule has 2 aromatic carbocycles. The molecule has 2 aromatic rings. The molecule has 3 rings (SSSR count). The molecule has 0 spiro atoms. The van der Waals surface area contributed by atoms with E-state index in [1.807, 2.05) is 24.3 Å². The molecule has 128 valence electrons. The Bertz CT molecular complexity index is 777. The van der Waals surface area contributed by atoms with Crippen molar-refractivity contribution < 1.29 is 4.79 Å². The molecule has 25 heavy (non-hydrogen) atoms. The Hall–Kier alpha value is -2.48. The van der Waals surface area contributed by atoms with Gasteiger partial charge in [-0.25, -0.2) is 0 Å². The summed E-state index contributed by atoms with van der Waals surface area (Å²) in [6.07, 6.45) is 2.01. The van der Waals surface area contributed by atoms with E-state index in [1.54, 1.807) is 12.1 Å². The van der Waals surface area contributed by atoms with Crippen LogP contribution >= 0.6 is 0 Å². The Morgan fingerprint density at radius 3 is 2.60 bits per heavy atom. The van der Waals surface area contributed by atoms with E-state index in [2.05, 4.69) is 29.0 Å². The van der Waals surface area contributed by atoms with Gasteiger partial charge in [0.25, 0.3) is 0 Å². The minimum absolute atomic E-state index is 0.644. The molecule has 0 atom stereocenters. The molecule has 0 unspecified atom stereocenters. The maximum atomic E-state index is 10.8. The Balaban J connectivity index is 1.79. The van der Waals surface area contributed by atoms with Gasteiger partial charge in [-0.2, -0.15) is 5.26 Å². The standard InChI is InChI=1S/C21H23N3O/c1-23-9-2-10-24(12-11-23)15-18-5-8-21(20(13-18)14-22)19-6-3-17(16-25)4-7-19/h3-8,13,16H,2,9-12,15H2,1H3. The first-order valence-corrected chi connectivity index (χ1v) is 8.69. The first-order valence-electron chi connectivity index (χ1n) is 8.69. The minimum Gasteiger partial charge on any atom is -0.305 e. The van der Waals surface area contributed by atoms with Crippen molar-refractivity contribution in [2.24, 2.45) is 0 Å². The first-order chi connectivity index (χ1) is 12.2. The van der Waals surface area contributed by atoms with Crippen LogP contribution in [0.5, 0.6) is 0 Å². The Morgan fingerprint density at radius 1 is 1.08 bits per heavy atom. The highest BCUT2D eigenvalue weighted by Crippen LogP contribution is 2.25. The lowest BCUT2D eigenvalue weighted by Crippen LogP contribution is -2.28. The molecule has 0 radical (unpaired) electrons. The van der Waals surface area contributed by atoms with Gasteiger partial charge < -0.3 is 4.90 Å². The van der Waals surface area contributed by atoms with Crippen molar-refractivity contribution in [1.29, 1.82) is 5.26 Å². The molecular formula is C21H23N3O. The molecule has 1 heterocycles. The smallest absolute Gasteiger partial charge is 0.150 e. The first kappa shape index (κ1) is 17.3. The summed E-state index contributed by atoms with van der Waals surface area (Å²) in [4.78, 5) is 15.6. The summed E-state index contributed by atoms with van der Waals surface area (Å²) in [7, 11) is 2.17. The van der Waals surface area contributed by atoms with Gasteiger partial charge in [0.1, 0.15) is 6.29 Å². The number of benzene rings is 2. The SMILES string of the molecule is CN1CCCN(Cc2ccc(-c3ccc(C=O)cc3)c(C#N)c2)CC1. The van der Waals surface area contributed by atoms with Crippen LogP contribution in [0.1, 0.15) is 27.9 Å². The van der Waals surface area contributed by atoms with Crippen LogP contribution in [0.3, 0.4) is 0 Å². The van der Waals surface area contributed by atoms with Crippen molar-refractivity contribution in [3.8, 4) is 17.2 Å². The van der Waals surface area contributed by atoms with E-state index in [1.165, 1.54) is 12.0 Å². The Morgan fingerprint density at radius 2 is 1.88 bits per heavy atom. The number of nitriles is 1. The molecule has 1 aliphatic heterocycles. The summed E-state index contributed by atoms with van der Waals surface area (Å²) in [5, 5.41) is 9.56. The van der Waals surface area contributed by atoms with Crippen LogP contribution in [0.25, 0.3) is 11.1 Å². The summed E-state index contributed by atoms with van der Waals surface area (Å²) in [6, 6.07) is 15.8. The van der Waals surface area contributed by atoms with Gasteiger partial charge in [-0.1, -0.05) is 36.4 Å². The molecule has 1 fully saturated rings. The average molecular weight is 333 g/mol. The van der Waals surface area contributed by atoms with Crippen LogP contribution in [-0.4, -0.2) is 49.3 Å². The highest BCUT2D eigenvalue weighted by atomic mass is 16.1. The summed E-state index contributed by atoms with van der Waals surface area (Å²) in [5.74, 6) is 0. The van der Waals surface area contributed by atoms with E-state index in [0.29, 0.717) is 11.1 Å². The third-order valence-corrected chi connectivity index (χ3v) is 4.78. The van der Waals surface area contributed by atoms with Crippen molar-refractivity contribution in [3.63, 3.8) is 0 Å². The lowest BCUT2D eigenvalue weighted by molar-refractivity contribution is 0.112. The number of hydrogen-bond acceptors (Lipinski definition) is 4. The highest BCUT2D eigenvalue weighted by molar-refractivity contribution is 5.78. The predicted octanol–water partition coefficient (Wildman–Crippen LogP) is 3.18. The molecule has 4 heteroatoms. The summed E-state index contributed by atoms with van der Waals surface area (Å²) >= 11 is 0. The van der Waals surface area contributed by atoms with Gasteiger partial charge in [-0.15, -0.1) is 0 Å². The van der Waals surface area contributed by atoms with Gasteiger partial charge >= 0.3 is 0 Å². The second-order valence-electron chi connectivity index (χ2n) is 6.66. The van der Waals surface area contributed by atoms with Crippen molar-refractivity contribution in [3.05, 3.63) is 59.2 Å². The summed E-state index contributed by atoms with van der Waals surface area (Å²) in [5.41, 5.74) is 4.38. The van der Waals surface area contributed by atoms with E-state index in [9.17, 15) is 10.1 Å². The van der Waals surface area contributed by atoms with Crippen molar-refractivity contribution >= 4 is 6.29 Å². The van der Waals surface area contributed by atoms with E-state index in [4.69, 9.17) is 0 Å². The fraction of sp³-hybridized carbons (Fsp3) is 0.333. The minimum atomic E-state index is 0.644. The van der Waals surface area contributed by atoms with Crippen LogP contribution in [0.4, 0.5) is 0 Å². The quantitative estimate of drug-likeness (QED) is 0.806. The maximum absolute atomic E-state index is 10.8. The van der Waals surface area contributed by atoms with Gasteiger partial charge in [0.15, 0.2) is 0 Å². The number of carbonyl (C=O) groups is 1. The Labute approximate surface area is 149 Å². The third-order valence-electron chi connectivity index (χ3n) is 4.78. The van der Waals surface area contributed by atoms with Gasteiger partial charge in [0.05, 0.1) is 11.6 Å². The second-order valence-corrected chi connectivity index (χ2v) is 6.66. The molecule has 0 amide bonds. The predicted molar refractivity (Wildman–Crippen MR) is 99.4 cm³/mol.